The maximum absolute atomic E-state index is 11.1. The molecular formula is C15H23NO3. The maximum Gasteiger partial charge on any atom is 0.305 e. The molecule has 4 nitrogen and oxygen atoms in total. The van der Waals surface area contributed by atoms with Crippen LogP contribution in [-0.4, -0.2) is 25.7 Å². The Bertz CT molecular complexity index is 362. The zero-order valence-electron chi connectivity index (χ0n) is 11.8. The van der Waals surface area contributed by atoms with Crippen molar-refractivity contribution in [3.05, 3.63) is 29.8 Å². The predicted molar refractivity (Wildman–Crippen MR) is 75.2 cm³/mol. The van der Waals surface area contributed by atoms with E-state index in [4.69, 9.17) is 9.47 Å². The van der Waals surface area contributed by atoms with Crippen molar-refractivity contribution in [2.75, 3.05) is 19.8 Å². The summed E-state index contributed by atoms with van der Waals surface area (Å²) in [6.07, 6.45) is 1.33. The van der Waals surface area contributed by atoms with Gasteiger partial charge in [0.15, 0.2) is 0 Å². The third-order valence-electron chi connectivity index (χ3n) is 2.56. The highest BCUT2D eigenvalue weighted by Gasteiger charge is 1.99. The number of carbonyl (C=O) groups excluding carboxylic acids is 1. The average molecular weight is 265 g/mol. The van der Waals surface area contributed by atoms with E-state index in [1.54, 1.807) is 0 Å². The third-order valence-corrected chi connectivity index (χ3v) is 2.56. The van der Waals surface area contributed by atoms with Gasteiger partial charge in [0.2, 0.25) is 0 Å². The van der Waals surface area contributed by atoms with E-state index in [9.17, 15) is 4.79 Å². The molecule has 0 aliphatic rings. The van der Waals surface area contributed by atoms with Gasteiger partial charge in [-0.2, -0.15) is 0 Å². The lowest BCUT2D eigenvalue weighted by Crippen LogP contribution is -2.20. The lowest BCUT2D eigenvalue weighted by Gasteiger charge is -2.07. The quantitative estimate of drug-likeness (QED) is 0.550. The summed E-state index contributed by atoms with van der Waals surface area (Å²) >= 11 is 0. The van der Waals surface area contributed by atoms with E-state index >= 15 is 0 Å². The van der Waals surface area contributed by atoms with E-state index in [0.717, 1.165) is 18.7 Å². The number of rotatable bonds is 9. The van der Waals surface area contributed by atoms with Gasteiger partial charge in [-0.15, -0.1) is 0 Å². The van der Waals surface area contributed by atoms with Crippen molar-refractivity contribution in [1.29, 1.82) is 0 Å². The van der Waals surface area contributed by atoms with Gasteiger partial charge in [0.05, 0.1) is 6.61 Å². The van der Waals surface area contributed by atoms with E-state index in [-0.39, 0.29) is 5.97 Å². The van der Waals surface area contributed by atoms with Crippen LogP contribution in [0.4, 0.5) is 0 Å². The number of hydrogen-bond donors (Lipinski definition) is 1. The molecule has 0 heterocycles. The SMILES string of the molecule is CCCC(=O)OCCNCc1ccc(OCC)cc1. The van der Waals surface area contributed by atoms with E-state index in [2.05, 4.69) is 5.32 Å². The lowest BCUT2D eigenvalue weighted by atomic mass is 10.2. The minimum absolute atomic E-state index is 0.120. The van der Waals surface area contributed by atoms with Gasteiger partial charge in [-0.3, -0.25) is 4.79 Å². The second-order valence-electron chi connectivity index (χ2n) is 4.22. The van der Waals surface area contributed by atoms with Crippen molar-refractivity contribution in [1.82, 2.24) is 5.32 Å². The van der Waals surface area contributed by atoms with Crippen molar-refractivity contribution in [2.45, 2.75) is 33.2 Å². The molecule has 0 aliphatic carbocycles. The Labute approximate surface area is 115 Å². The minimum atomic E-state index is -0.120. The molecule has 0 atom stereocenters. The molecule has 0 amide bonds. The highest BCUT2D eigenvalue weighted by Crippen LogP contribution is 2.11. The standard InChI is InChI=1S/C15H23NO3/c1-3-5-15(17)19-11-10-16-12-13-6-8-14(9-7-13)18-4-2/h6-9,16H,3-5,10-12H2,1-2H3. The van der Waals surface area contributed by atoms with E-state index in [1.165, 1.54) is 5.56 Å². The van der Waals surface area contributed by atoms with Gasteiger partial charge >= 0.3 is 5.97 Å². The van der Waals surface area contributed by atoms with Crippen LogP contribution in [0.2, 0.25) is 0 Å². The summed E-state index contributed by atoms with van der Waals surface area (Å²) in [4.78, 5) is 11.1. The van der Waals surface area contributed by atoms with E-state index in [0.29, 0.717) is 26.2 Å². The maximum atomic E-state index is 11.1. The second-order valence-corrected chi connectivity index (χ2v) is 4.22. The smallest absolute Gasteiger partial charge is 0.305 e. The van der Waals surface area contributed by atoms with E-state index in [1.807, 2.05) is 38.1 Å². The first-order valence-corrected chi connectivity index (χ1v) is 6.84. The molecule has 4 heteroatoms. The molecule has 0 radical (unpaired) electrons. The minimum Gasteiger partial charge on any atom is -0.494 e. The zero-order valence-corrected chi connectivity index (χ0v) is 11.8. The third kappa shape index (κ3) is 6.82. The summed E-state index contributed by atoms with van der Waals surface area (Å²) in [5.41, 5.74) is 1.18. The molecule has 0 saturated carbocycles. The molecule has 0 aromatic heterocycles. The van der Waals surface area contributed by atoms with Crippen molar-refractivity contribution in [2.24, 2.45) is 0 Å². The number of esters is 1. The van der Waals surface area contributed by atoms with Gasteiger partial charge in [-0.05, 0) is 31.0 Å². The molecule has 0 saturated heterocycles. The summed E-state index contributed by atoms with van der Waals surface area (Å²) in [7, 11) is 0. The Kier molecular flexibility index (Phi) is 7.66. The Hall–Kier alpha value is -1.55. The topological polar surface area (TPSA) is 47.6 Å². The Morgan fingerprint density at radius 3 is 2.58 bits per heavy atom. The Morgan fingerprint density at radius 2 is 1.95 bits per heavy atom. The number of hydrogen-bond acceptors (Lipinski definition) is 4. The first kappa shape index (κ1) is 15.5. The summed E-state index contributed by atoms with van der Waals surface area (Å²) in [6, 6.07) is 7.98. The van der Waals surface area contributed by atoms with Crippen molar-refractivity contribution in [3.8, 4) is 5.75 Å². The highest BCUT2D eigenvalue weighted by atomic mass is 16.5. The number of benzene rings is 1. The fourth-order valence-electron chi connectivity index (χ4n) is 1.62. The highest BCUT2D eigenvalue weighted by molar-refractivity contribution is 5.69. The molecule has 106 valence electrons. The van der Waals surface area contributed by atoms with Gasteiger partial charge in [-0.1, -0.05) is 19.1 Å². The molecule has 1 N–H and O–H groups in total. The van der Waals surface area contributed by atoms with Crippen LogP contribution in [0.5, 0.6) is 5.75 Å². The summed E-state index contributed by atoms with van der Waals surface area (Å²) in [5.74, 6) is 0.769. The largest absolute Gasteiger partial charge is 0.494 e. The molecule has 0 fully saturated rings. The fraction of sp³-hybridized carbons (Fsp3) is 0.533. The average Bonchev–Trinajstić information content (AvgIpc) is 2.41. The predicted octanol–water partition coefficient (Wildman–Crippen LogP) is 2.52. The van der Waals surface area contributed by atoms with Crippen molar-refractivity contribution >= 4 is 5.97 Å². The number of nitrogens with one attached hydrogen (secondary N) is 1. The number of carbonyl (C=O) groups is 1. The lowest BCUT2D eigenvalue weighted by molar-refractivity contribution is -0.143. The van der Waals surface area contributed by atoms with Gasteiger partial charge < -0.3 is 14.8 Å². The van der Waals surface area contributed by atoms with Gasteiger partial charge in [0.25, 0.3) is 0 Å². The van der Waals surface area contributed by atoms with Crippen LogP contribution in [-0.2, 0) is 16.1 Å². The van der Waals surface area contributed by atoms with Crippen LogP contribution in [0.3, 0.4) is 0 Å². The van der Waals surface area contributed by atoms with Crippen LogP contribution >= 0.6 is 0 Å². The summed E-state index contributed by atoms with van der Waals surface area (Å²) in [6.45, 7) is 6.47. The molecule has 0 aliphatic heterocycles. The van der Waals surface area contributed by atoms with E-state index < -0.39 is 0 Å². The second kappa shape index (κ2) is 9.39. The molecule has 1 rings (SSSR count). The van der Waals surface area contributed by atoms with Gasteiger partial charge in [0.1, 0.15) is 12.4 Å². The monoisotopic (exact) mass is 265 g/mol. The van der Waals surface area contributed by atoms with Crippen LogP contribution in [0.15, 0.2) is 24.3 Å². The van der Waals surface area contributed by atoms with Crippen LogP contribution in [0, 0.1) is 0 Å². The van der Waals surface area contributed by atoms with Crippen molar-refractivity contribution in [3.63, 3.8) is 0 Å². The van der Waals surface area contributed by atoms with Gasteiger partial charge in [0, 0.05) is 19.5 Å². The first-order chi connectivity index (χ1) is 9.26. The Balaban J connectivity index is 2.13. The van der Waals surface area contributed by atoms with Crippen LogP contribution in [0.1, 0.15) is 32.3 Å². The number of ether oxygens (including phenoxy) is 2. The molecule has 19 heavy (non-hydrogen) atoms. The normalized spacial score (nSPS) is 10.2. The molecule has 0 unspecified atom stereocenters. The zero-order chi connectivity index (χ0) is 13.9. The fourth-order valence-corrected chi connectivity index (χ4v) is 1.62. The molecule has 1 aromatic carbocycles. The summed E-state index contributed by atoms with van der Waals surface area (Å²) in [5, 5.41) is 3.23. The van der Waals surface area contributed by atoms with Crippen LogP contribution < -0.4 is 10.1 Å². The molecule has 0 bridgehead atoms. The Morgan fingerprint density at radius 1 is 1.21 bits per heavy atom. The van der Waals surface area contributed by atoms with Gasteiger partial charge in [-0.25, -0.2) is 0 Å². The first-order valence-electron chi connectivity index (χ1n) is 6.84. The molecule has 0 spiro atoms. The summed E-state index contributed by atoms with van der Waals surface area (Å²) < 4.78 is 10.4. The van der Waals surface area contributed by atoms with Crippen molar-refractivity contribution < 1.29 is 14.3 Å². The van der Waals surface area contributed by atoms with Crippen LogP contribution in [0.25, 0.3) is 0 Å². The molecule has 1 aromatic rings. The molecular weight excluding hydrogens is 242 g/mol.